The first-order valence-corrected chi connectivity index (χ1v) is 7.81. The smallest absolute Gasteiger partial charge is 0.286 e. The summed E-state index contributed by atoms with van der Waals surface area (Å²) in [6, 6.07) is 1.61. The number of carbonyl (C=O) groups is 3. The number of fused-ring (bicyclic) bond motifs is 1. The Morgan fingerprint density at radius 1 is 1.12 bits per heavy atom. The van der Waals surface area contributed by atoms with Crippen LogP contribution in [-0.4, -0.2) is 22.6 Å². The molecule has 3 N–H and O–H groups in total. The number of aryl methyl sites for hydroxylation is 3. The summed E-state index contributed by atoms with van der Waals surface area (Å²) in [5.41, 5.74) is 7.44. The van der Waals surface area contributed by atoms with Crippen molar-refractivity contribution in [2.75, 3.05) is 0 Å². The van der Waals surface area contributed by atoms with Gasteiger partial charge in [-0.1, -0.05) is 0 Å². The lowest BCUT2D eigenvalue weighted by Crippen LogP contribution is -2.42. The third kappa shape index (κ3) is 2.73. The Bertz CT molecular complexity index is 844. The quantitative estimate of drug-likeness (QED) is 0.734. The number of aromatic nitrogens is 1. The van der Waals surface area contributed by atoms with Crippen LogP contribution in [0.3, 0.4) is 0 Å². The van der Waals surface area contributed by atoms with E-state index in [1.807, 2.05) is 0 Å². The summed E-state index contributed by atoms with van der Waals surface area (Å²) in [6.45, 7) is 5.16. The lowest BCUT2D eigenvalue weighted by molar-refractivity contribution is 0.0843. The van der Waals surface area contributed by atoms with Gasteiger partial charge < -0.3 is 9.40 Å². The Hall–Kier alpha value is -2.83. The number of Topliss-reactive ketones (excluding diaryl/α,β-unsaturated/α-hetero) is 1. The fourth-order valence-electron chi connectivity index (χ4n) is 3.10. The molecule has 7 nitrogen and oxygen atoms in total. The fraction of sp³-hybridized carbons (Fsp3) is 0.353. The van der Waals surface area contributed by atoms with Crippen LogP contribution in [0.4, 0.5) is 0 Å². The van der Waals surface area contributed by atoms with Crippen LogP contribution in [0.5, 0.6) is 0 Å². The predicted octanol–water partition coefficient (Wildman–Crippen LogP) is 2.13. The van der Waals surface area contributed by atoms with Gasteiger partial charge >= 0.3 is 0 Å². The van der Waals surface area contributed by atoms with E-state index in [1.54, 1.807) is 26.8 Å². The van der Waals surface area contributed by atoms with Crippen LogP contribution in [0.2, 0.25) is 0 Å². The van der Waals surface area contributed by atoms with Crippen molar-refractivity contribution in [1.29, 1.82) is 0 Å². The molecule has 2 amide bonds. The number of hydrazine groups is 1. The Morgan fingerprint density at radius 2 is 1.83 bits per heavy atom. The molecule has 0 unspecified atom stereocenters. The summed E-state index contributed by atoms with van der Waals surface area (Å²) in [5, 5.41) is 0. The number of rotatable bonds is 2. The van der Waals surface area contributed by atoms with Crippen LogP contribution in [0.25, 0.3) is 0 Å². The second-order valence-corrected chi connectivity index (χ2v) is 5.99. The molecule has 0 saturated carbocycles. The minimum absolute atomic E-state index is 0.0533. The minimum atomic E-state index is -0.485. The van der Waals surface area contributed by atoms with Crippen molar-refractivity contribution in [3.8, 4) is 0 Å². The van der Waals surface area contributed by atoms with E-state index in [4.69, 9.17) is 4.42 Å². The highest BCUT2D eigenvalue weighted by atomic mass is 16.3. The van der Waals surface area contributed by atoms with Crippen LogP contribution >= 0.6 is 0 Å². The van der Waals surface area contributed by atoms with Crippen LogP contribution < -0.4 is 10.9 Å². The monoisotopic (exact) mass is 329 g/mol. The van der Waals surface area contributed by atoms with E-state index in [2.05, 4.69) is 15.8 Å². The van der Waals surface area contributed by atoms with E-state index in [0.29, 0.717) is 40.3 Å². The number of nitrogens with one attached hydrogen (secondary N) is 3. The number of aromatic amines is 1. The van der Waals surface area contributed by atoms with Gasteiger partial charge in [-0.2, -0.15) is 0 Å². The van der Waals surface area contributed by atoms with E-state index < -0.39 is 11.8 Å². The molecule has 0 aromatic carbocycles. The van der Waals surface area contributed by atoms with Crippen molar-refractivity contribution in [3.05, 3.63) is 45.7 Å². The first-order chi connectivity index (χ1) is 11.4. The molecule has 0 atom stereocenters. The standard InChI is InChI=1S/C17H19N3O4/c1-8-7-11(10(3)24-8)16(22)19-20-17(23)15-9(2)14-12(18-15)5-4-6-13(14)21/h7,18H,4-6H2,1-3H3,(H,19,22)(H,20,23). The first-order valence-electron chi connectivity index (χ1n) is 7.81. The number of amides is 2. The van der Waals surface area contributed by atoms with Crippen LogP contribution in [0, 0.1) is 20.8 Å². The van der Waals surface area contributed by atoms with Gasteiger partial charge in [0, 0.05) is 17.7 Å². The van der Waals surface area contributed by atoms with E-state index in [1.165, 1.54) is 0 Å². The summed E-state index contributed by atoms with van der Waals surface area (Å²) in [7, 11) is 0. The number of H-pyrrole nitrogens is 1. The zero-order chi connectivity index (χ0) is 17.4. The maximum absolute atomic E-state index is 12.3. The molecule has 2 aromatic heterocycles. The molecule has 0 bridgehead atoms. The number of ketones is 1. The molecule has 24 heavy (non-hydrogen) atoms. The molecule has 126 valence electrons. The molecule has 1 aliphatic rings. The zero-order valence-corrected chi connectivity index (χ0v) is 13.8. The van der Waals surface area contributed by atoms with Gasteiger partial charge in [-0.25, -0.2) is 0 Å². The van der Waals surface area contributed by atoms with Crippen molar-refractivity contribution < 1.29 is 18.8 Å². The largest absolute Gasteiger partial charge is 0.466 e. The van der Waals surface area contributed by atoms with E-state index in [-0.39, 0.29) is 5.78 Å². The predicted molar refractivity (Wildman–Crippen MR) is 85.9 cm³/mol. The lowest BCUT2D eigenvalue weighted by atomic mass is 9.94. The highest BCUT2D eigenvalue weighted by Crippen LogP contribution is 2.26. The molecule has 0 aliphatic heterocycles. The summed E-state index contributed by atoms with van der Waals surface area (Å²) in [5.74, 6) is 0.216. The topological polar surface area (TPSA) is 104 Å². The third-order valence-corrected chi connectivity index (χ3v) is 4.24. The highest BCUT2D eigenvalue weighted by Gasteiger charge is 2.26. The van der Waals surface area contributed by atoms with Crippen molar-refractivity contribution in [3.63, 3.8) is 0 Å². The van der Waals surface area contributed by atoms with E-state index >= 15 is 0 Å². The fourth-order valence-corrected chi connectivity index (χ4v) is 3.10. The average molecular weight is 329 g/mol. The molecular formula is C17H19N3O4. The van der Waals surface area contributed by atoms with Gasteiger partial charge in [0.15, 0.2) is 5.78 Å². The van der Waals surface area contributed by atoms with Gasteiger partial charge in [-0.05, 0) is 45.2 Å². The Labute approximate surface area is 138 Å². The molecule has 1 aliphatic carbocycles. The first kappa shape index (κ1) is 16.0. The van der Waals surface area contributed by atoms with Crippen molar-refractivity contribution >= 4 is 17.6 Å². The summed E-state index contributed by atoms with van der Waals surface area (Å²) in [4.78, 5) is 39.4. The maximum atomic E-state index is 12.3. The molecular weight excluding hydrogens is 310 g/mol. The van der Waals surface area contributed by atoms with Gasteiger partial charge in [-0.3, -0.25) is 25.2 Å². The van der Waals surface area contributed by atoms with Gasteiger partial charge in [0.05, 0.1) is 5.56 Å². The molecule has 0 spiro atoms. The van der Waals surface area contributed by atoms with Crippen LogP contribution in [0.15, 0.2) is 10.5 Å². The number of hydrogen-bond acceptors (Lipinski definition) is 4. The zero-order valence-electron chi connectivity index (χ0n) is 13.8. The van der Waals surface area contributed by atoms with Gasteiger partial charge in [0.1, 0.15) is 17.2 Å². The maximum Gasteiger partial charge on any atom is 0.286 e. The van der Waals surface area contributed by atoms with Crippen molar-refractivity contribution in [2.24, 2.45) is 0 Å². The number of furan rings is 1. The van der Waals surface area contributed by atoms with Crippen molar-refractivity contribution in [2.45, 2.75) is 40.0 Å². The Balaban J connectivity index is 1.73. The highest BCUT2D eigenvalue weighted by molar-refractivity contribution is 6.05. The Morgan fingerprint density at radius 3 is 2.46 bits per heavy atom. The van der Waals surface area contributed by atoms with Gasteiger partial charge in [-0.15, -0.1) is 0 Å². The third-order valence-electron chi connectivity index (χ3n) is 4.24. The molecule has 2 aromatic rings. The minimum Gasteiger partial charge on any atom is -0.466 e. The van der Waals surface area contributed by atoms with Crippen molar-refractivity contribution in [1.82, 2.24) is 15.8 Å². The van der Waals surface area contributed by atoms with E-state index in [9.17, 15) is 14.4 Å². The molecule has 2 heterocycles. The molecule has 0 saturated heterocycles. The SMILES string of the molecule is Cc1cc(C(=O)NNC(=O)c2[nH]c3c(c2C)C(=O)CCC3)c(C)o1. The molecule has 7 heteroatoms. The van der Waals surface area contributed by atoms with Gasteiger partial charge in [0.2, 0.25) is 0 Å². The number of carbonyl (C=O) groups excluding carboxylic acids is 3. The van der Waals surface area contributed by atoms with Crippen LogP contribution in [0.1, 0.15) is 66.8 Å². The second-order valence-electron chi connectivity index (χ2n) is 5.99. The summed E-state index contributed by atoms with van der Waals surface area (Å²) in [6.07, 6.45) is 2.03. The molecule has 0 fully saturated rings. The van der Waals surface area contributed by atoms with Gasteiger partial charge in [0.25, 0.3) is 11.8 Å². The Kier molecular flexibility index (Phi) is 4.01. The molecule has 0 radical (unpaired) electrons. The number of hydrogen-bond donors (Lipinski definition) is 3. The summed E-state index contributed by atoms with van der Waals surface area (Å²) < 4.78 is 5.30. The lowest BCUT2D eigenvalue weighted by Gasteiger charge is -2.09. The normalized spacial score (nSPS) is 13.5. The van der Waals surface area contributed by atoms with Crippen LogP contribution in [-0.2, 0) is 6.42 Å². The van der Waals surface area contributed by atoms with E-state index in [0.717, 1.165) is 18.5 Å². The summed E-state index contributed by atoms with van der Waals surface area (Å²) >= 11 is 0. The molecule has 3 rings (SSSR count). The second kappa shape index (κ2) is 5.99. The average Bonchev–Trinajstić information content (AvgIpc) is 3.05.